The Morgan fingerprint density at radius 1 is 1.12 bits per heavy atom. The van der Waals surface area contributed by atoms with E-state index in [1.807, 2.05) is 12.1 Å². The normalized spacial score (nSPS) is 28.1. The van der Waals surface area contributed by atoms with Crippen molar-refractivity contribution in [1.29, 1.82) is 10.5 Å². The van der Waals surface area contributed by atoms with E-state index >= 15 is 0 Å². The van der Waals surface area contributed by atoms with E-state index in [0.717, 1.165) is 19.3 Å². The van der Waals surface area contributed by atoms with E-state index < -0.39 is 5.41 Å². The number of amides is 1. The molecule has 0 saturated heterocycles. The third-order valence-electron chi connectivity index (χ3n) is 6.68. The highest BCUT2D eigenvalue weighted by Gasteiger charge is 2.73. The standard InChI is InChI=1S/C19H23N5O/c1-5-6-9-22-16(25)19-8-7-18(4,17(19,2)3)14-15(19)24-13(11-21)12(10-20)23-14/h5-9H2,1-4H3,(H,22,25). The highest BCUT2D eigenvalue weighted by molar-refractivity contribution is 5.92. The Balaban J connectivity index is 2.20. The minimum atomic E-state index is -0.794. The zero-order chi connectivity index (χ0) is 18.5. The summed E-state index contributed by atoms with van der Waals surface area (Å²) < 4.78 is 0. The van der Waals surface area contributed by atoms with Crippen LogP contribution < -0.4 is 5.32 Å². The summed E-state index contributed by atoms with van der Waals surface area (Å²) in [5, 5.41) is 21.7. The summed E-state index contributed by atoms with van der Waals surface area (Å²) >= 11 is 0. The Morgan fingerprint density at radius 2 is 1.72 bits per heavy atom. The summed E-state index contributed by atoms with van der Waals surface area (Å²) in [7, 11) is 0. The molecule has 130 valence electrons. The van der Waals surface area contributed by atoms with Crippen molar-refractivity contribution in [2.45, 2.75) is 64.2 Å². The predicted octanol–water partition coefficient (Wildman–Crippen LogP) is 2.47. The minimum Gasteiger partial charge on any atom is -0.355 e. The molecular formula is C19H23N5O. The van der Waals surface area contributed by atoms with Crippen LogP contribution in [-0.4, -0.2) is 22.4 Å². The van der Waals surface area contributed by atoms with Crippen molar-refractivity contribution in [3.8, 4) is 12.1 Å². The first-order valence-corrected chi connectivity index (χ1v) is 8.81. The lowest BCUT2D eigenvalue weighted by Gasteiger charge is -2.39. The molecule has 2 aliphatic rings. The highest BCUT2D eigenvalue weighted by Crippen LogP contribution is 2.70. The first-order chi connectivity index (χ1) is 11.8. The lowest BCUT2D eigenvalue weighted by atomic mass is 9.63. The quantitative estimate of drug-likeness (QED) is 0.850. The van der Waals surface area contributed by atoms with Crippen LogP contribution in [0.4, 0.5) is 0 Å². The maximum absolute atomic E-state index is 13.2. The molecule has 0 aliphatic heterocycles. The van der Waals surface area contributed by atoms with Crippen molar-refractivity contribution in [2.24, 2.45) is 5.41 Å². The summed E-state index contributed by atoms with van der Waals surface area (Å²) in [6.07, 6.45) is 3.44. The minimum absolute atomic E-state index is 0.00827. The van der Waals surface area contributed by atoms with Gasteiger partial charge in [-0.2, -0.15) is 10.5 Å². The van der Waals surface area contributed by atoms with E-state index in [2.05, 4.69) is 43.0 Å². The van der Waals surface area contributed by atoms with Crippen LogP contribution in [0.2, 0.25) is 0 Å². The molecule has 6 nitrogen and oxygen atoms in total. The first kappa shape index (κ1) is 17.4. The van der Waals surface area contributed by atoms with Crippen LogP contribution in [0, 0.1) is 28.1 Å². The Morgan fingerprint density at radius 3 is 2.28 bits per heavy atom. The zero-order valence-electron chi connectivity index (χ0n) is 15.2. The van der Waals surface area contributed by atoms with Gasteiger partial charge in [-0.1, -0.05) is 34.1 Å². The third-order valence-corrected chi connectivity index (χ3v) is 6.68. The van der Waals surface area contributed by atoms with Gasteiger partial charge < -0.3 is 5.32 Å². The van der Waals surface area contributed by atoms with E-state index in [1.54, 1.807) is 0 Å². The lowest BCUT2D eigenvalue weighted by Crippen LogP contribution is -2.51. The van der Waals surface area contributed by atoms with Crippen molar-refractivity contribution in [1.82, 2.24) is 15.3 Å². The Bertz CT molecular complexity index is 831. The highest BCUT2D eigenvalue weighted by atomic mass is 16.2. The van der Waals surface area contributed by atoms with E-state index in [0.29, 0.717) is 24.4 Å². The van der Waals surface area contributed by atoms with Crippen LogP contribution in [-0.2, 0) is 15.6 Å². The summed E-state index contributed by atoms with van der Waals surface area (Å²) in [5.74, 6) is -0.0312. The van der Waals surface area contributed by atoms with Gasteiger partial charge in [-0.15, -0.1) is 0 Å². The van der Waals surface area contributed by atoms with Gasteiger partial charge in [-0.05, 0) is 24.7 Å². The van der Waals surface area contributed by atoms with Crippen molar-refractivity contribution in [2.75, 3.05) is 6.54 Å². The van der Waals surface area contributed by atoms with Crippen molar-refractivity contribution in [3.05, 3.63) is 22.8 Å². The maximum Gasteiger partial charge on any atom is 0.232 e. The molecule has 1 aromatic heterocycles. The molecule has 25 heavy (non-hydrogen) atoms. The van der Waals surface area contributed by atoms with Gasteiger partial charge in [0.1, 0.15) is 12.1 Å². The fourth-order valence-corrected chi connectivity index (χ4v) is 4.67. The molecule has 6 heteroatoms. The molecular weight excluding hydrogens is 314 g/mol. The van der Waals surface area contributed by atoms with E-state index in [-0.39, 0.29) is 28.1 Å². The van der Waals surface area contributed by atoms with Gasteiger partial charge in [0, 0.05) is 12.0 Å². The van der Waals surface area contributed by atoms with Gasteiger partial charge in [0.15, 0.2) is 11.4 Å². The molecule has 1 N–H and O–H groups in total. The monoisotopic (exact) mass is 337 g/mol. The molecule has 2 bridgehead atoms. The number of hydrogen-bond donors (Lipinski definition) is 1. The number of unbranched alkanes of at least 4 members (excludes halogenated alkanes) is 1. The fourth-order valence-electron chi connectivity index (χ4n) is 4.67. The first-order valence-electron chi connectivity index (χ1n) is 8.81. The molecule has 0 aromatic carbocycles. The lowest BCUT2D eigenvalue weighted by molar-refractivity contribution is -0.130. The second-order valence-electron chi connectivity index (χ2n) is 7.81. The molecule has 1 amide bonds. The molecule has 1 fully saturated rings. The number of hydrogen-bond acceptors (Lipinski definition) is 5. The SMILES string of the molecule is CCCCNC(=O)C12CCC(C)(c3nc(C#N)c(C#N)nc31)C2(C)C. The van der Waals surface area contributed by atoms with Gasteiger partial charge in [0.25, 0.3) is 0 Å². The number of carbonyl (C=O) groups excluding carboxylic acids is 1. The van der Waals surface area contributed by atoms with Crippen LogP contribution in [0.5, 0.6) is 0 Å². The molecule has 2 unspecified atom stereocenters. The number of carbonyl (C=O) groups is 1. The largest absolute Gasteiger partial charge is 0.355 e. The van der Waals surface area contributed by atoms with Gasteiger partial charge in [-0.3, -0.25) is 4.79 Å². The Labute approximate surface area is 148 Å². The molecule has 2 aliphatic carbocycles. The molecule has 1 heterocycles. The summed E-state index contributed by atoms with van der Waals surface area (Å²) in [6.45, 7) is 8.98. The average Bonchev–Trinajstić information content (AvgIpc) is 2.89. The molecule has 0 radical (unpaired) electrons. The van der Waals surface area contributed by atoms with Crippen molar-refractivity contribution in [3.63, 3.8) is 0 Å². The molecule has 0 spiro atoms. The average molecular weight is 337 g/mol. The predicted molar refractivity (Wildman–Crippen MR) is 91.4 cm³/mol. The zero-order valence-corrected chi connectivity index (χ0v) is 15.2. The van der Waals surface area contributed by atoms with E-state index in [1.165, 1.54) is 0 Å². The number of nitriles is 2. The van der Waals surface area contributed by atoms with Crippen LogP contribution >= 0.6 is 0 Å². The Kier molecular flexibility index (Phi) is 3.84. The number of fused-ring (bicyclic) bond motifs is 5. The van der Waals surface area contributed by atoms with E-state index in [9.17, 15) is 15.3 Å². The van der Waals surface area contributed by atoms with Gasteiger partial charge in [-0.25, -0.2) is 9.97 Å². The number of rotatable bonds is 4. The summed E-state index contributed by atoms with van der Waals surface area (Å²) in [4.78, 5) is 22.2. The molecule has 3 rings (SSSR count). The second kappa shape index (κ2) is 5.52. The Hall–Kier alpha value is -2.47. The smallest absolute Gasteiger partial charge is 0.232 e. The summed E-state index contributed by atoms with van der Waals surface area (Å²) in [5.41, 5.74) is -0.157. The number of nitrogens with zero attached hydrogens (tertiary/aromatic N) is 4. The van der Waals surface area contributed by atoms with Crippen LogP contribution in [0.1, 0.15) is 76.2 Å². The van der Waals surface area contributed by atoms with Crippen LogP contribution in [0.15, 0.2) is 0 Å². The fraction of sp³-hybridized carbons (Fsp3) is 0.632. The molecule has 2 atom stereocenters. The topological polar surface area (TPSA) is 102 Å². The van der Waals surface area contributed by atoms with Gasteiger partial charge in [0.05, 0.1) is 16.8 Å². The third kappa shape index (κ3) is 1.91. The van der Waals surface area contributed by atoms with Gasteiger partial charge >= 0.3 is 0 Å². The van der Waals surface area contributed by atoms with Crippen LogP contribution in [0.25, 0.3) is 0 Å². The molecule has 1 aromatic rings. The van der Waals surface area contributed by atoms with Crippen LogP contribution in [0.3, 0.4) is 0 Å². The number of nitrogens with one attached hydrogen (secondary N) is 1. The number of aromatic nitrogens is 2. The van der Waals surface area contributed by atoms with Gasteiger partial charge in [0.2, 0.25) is 5.91 Å². The molecule has 1 saturated carbocycles. The second-order valence-corrected chi connectivity index (χ2v) is 7.81. The van der Waals surface area contributed by atoms with E-state index in [4.69, 9.17) is 0 Å². The van der Waals surface area contributed by atoms with Crippen molar-refractivity contribution >= 4 is 5.91 Å². The van der Waals surface area contributed by atoms with Crippen molar-refractivity contribution < 1.29 is 4.79 Å². The maximum atomic E-state index is 13.2. The summed E-state index contributed by atoms with van der Waals surface area (Å²) in [6, 6.07) is 3.92.